The van der Waals surface area contributed by atoms with E-state index in [0.717, 1.165) is 21.5 Å². The number of hydrogen-bond acceptors (Lipinski definition) is 2. The predicted molar refractivity (Wildman–Crippen MR) is 66.0 cm³/mol. The molecule has 0 aliphatic heterocycles. The van der Waals surface area contributed by atoms with Crippen molar-refractivity contribution in [3.8, 4) is 11.3 Å². The molecule has 1 aromatic heterocycles. The summed E-state index contributed by atoms with van der Waals surface area (Å²) in [6.07, 6.45) is 0. The molecule has 1 N–H and O–H groups in total. The van der Waals surface area contributed by atoms with Crippen LogP contribution in [0.4, 0.5) is 10.2 Å². The van der Waals surface area contributed by atoms with Crippen molar-refractivity contribution < 1.29 is 4.39 Å². The number of hydrogen-bond donors (Lipinski definition) is 1. The molecule has 5 heteroatoms. The molecule has 16 heavy (non-hydrogen) atoms. The lowest BCUT2D eigenvalue weighted by atomic mass is 10.1. The van der Waals surface area contributed by atoms with Gasteiger partial charge in [-0.1, -0.05) is 12.1 Å². The lowest BCUT2D eigenvalue weighted by Gasteiger charge is -2.08. The Bertz CT molecular complexity index is 508. The van der Waals surface area contributed by atoms with E-state index in [1.807, 2.05) is 25.1 Å². The SMILES string of the molecule is CN(C)c1n[nH]c(-c2cccc(F)c2)c1Br. The molecule has 0 unspecified atom stereocenters. The monoisotopic (exact) mass is 283 g/mol. The Kier molecular flexibility index (Phi) is 2.96. The van der Waals surface area contributed by atoms with Gasteiger partial charge in [-0.15, -0.1) is 0 Å². The first-order valence-electron chi connectivity index (χ1n) is 4.76. The average Bonchev–Trinajstić information content (AvgIpc) is 2.60. The molecule has 0 atom stereocenters. The van der Waals surface area contributed by atoms with E-state index in [-0.39, 0.29) is 5.82 Å². The number of nitrogens with zero attached hydrogens (tertiary/aromatic N) is 2. The van der Waals surface area contributed by atoms with Gasteiger partial charge in [-0.3, -0.25) is 5.10 Å². The molecule has 1 aromatic carbocycles. The number of benzene rings is 1. The molecular formula is C11H11BrFN3. The highest BCUT2D eigenvalue weighted by Crippen LogP contribution is 2.33. The van der Waals surface area contributed by atoms with Crippen LogP contribution in [0.15, 0.2) is 28.7 Å². The lowest BCUT2D eigenvalue weighted by Crippen LogP contribution is -2.09. The average molecular weight is 284 g/mol. The predicted octanol–water partition coefficient (Wildman–Crippen LogP) is 3.04. The second kappa shape index (κ2) is 4.25. The minimum atomic E-state index is -0.259. The molecule has 0 bridgehead atoms. The van der Waals surface area contributed by atoms with E-state index in [1.54, 1.807) is 6.07 Å². The van der Waals surface area contributed by atoms with Gasteiger partial charge in [-0.05, 0) is 28.1 Å². The molecule has 0 radical (unpaired) electrons. The Balaban J connectivity index is 2.49. The van der Waals surface area contributed by atoms with Crippen molar-refractivity contribution in [2.75, 3.05) is 19.0 Å². The summed E-state index contributed by atoms with van der Waals surface area (Å²) in [6.45, 7) is 0. The van der Waals surface area contributed by atoms with Crippen molar-refractivity contribution in [2.45, 2.75) is 0 Å². The normalized spacial score (nSPS) is 10.5. The maximum absolute atomic E-state index is 13.1. The highest BCUT2D eigenvalue weighted by molar-refractivity contribution is 9.10. The smallest absolute Gasteiger partial charge is 0.164 e. The summed E-state index contributed by atoms with van der Waals surface area (Å²) in [6, 6.07) is 6.40. The van der Waals surface area contributed by atoms with E-state index in [9.17, 15) is 4.39 Å². The zero-order valence-electron chi connectivity index (χ0n) is 8.96. The molecule has 84 valence electrons. The van der Waals surface area contributed by atoms with E-state index in [4.69, 9.17) is 0 Å². The third kappa shape index (κ3) is 1.95. The minimum absolute atomic E-state index is 0.259. The van der Waals surface area contributed by atoms with Gasteiger partial charge in [-0.2, -0.15) is 5.10 Å². The van der Waals surface area contributed by atoms with E-state index >= 15 is 0 Å². The molecule has 2 rings (SSSR count). The van der Waals surface area contributed by atoms with Crippen LogP contribution >= 0.6 is 15.9 Å². The Morgan fingerprint density at radius 2 is 2.12 bits per heavy atom. The topological polar surface area (TPSA) is 31.9 Å². The second-order valence-electron chi connectivity index (χ2n) is 3.64. The van der Waals surface area contributed by atoms with Gasteiger partial charge in [0.25, 0.3) is 0 Å². The highest BCUT2D eigenvalue weighted by Gasteiger charge is 2.13. The summed E-state index contributed by atoms with van der Waals surface area (Å²) in [4.78, 5) is 1.88. The summed E-state index contributed by atoms with van der Waals surface area (Å²) in [5.74, 6) is 0.532. The van der Waals surface area contributed by atoms with Crippen molar-refractivity contribution in [1.29, 1.82) is 0 Å². The van der Waals surface area contributed by atoms with Crippen molar-refractivity contribution >= 4 is 21.7 Å². The molecule has 0 amide bonds. The standard InChI is InChI=1S/C11H11BrFN3/c1-16(2)11-9(12)10(14-15-11)7-4-3-5-8(13)6-7/h3-6H,1-2H3,(H,14,15). The summed E-state index contributed by atoms with van der Waals surface area (Å²) < 4.78 is 13.9. The number of aromatic nitrogens is 2. The van der Waals surface area contributed by atoms with Crippen LogP contribution in [0.2, 0.25) is 0 Å². The van der Waals surface area contributed by atoms with Crippen molar-refractivity contribution in [3.05, 3.63) is 34.6 Å². The zero-order valence-corrected chi connectivity index (χ0v) is 10.5. The molecule has 0 aliphatic rings. The lowest BCUT2D eigenvalue weighted by molar-refractivity contribution is 0.628. The first-order chi connectivity index (χ1) is 7.59. The minimum Gasteiger partial charge on any atom is -0.360 e. The van der Waals surface area contributed by atoms with Crippen LogP contribution in [0.3, 0.4) is 0 Å². The molecule has 2 aromatic rings. The Hall–Kier alpha value is -1.36. The van der Waals surface area contributed by atoms with Gasteiger partial charge in [0.1, 0.15) is 5.82 Å². The zero-order chi connectivity index (χ0) is 11.7. The maximum atomic E-state index is 13.1. The maximum Gasteiger partial charge on any atom is 0.164 e. The van der Waals surface area contributed by atoms with E-state index in [0.29, 0.717) is 0 Å². The van der Waals surface area contributed by atoms with Crippen molar-refractivity contribution in [3.63, 3.8) is 0 Å². The van der Waals surface area contributed by atoms with E-state index in [2.05, 4.69) is 26.1 Å². The fourth-order valence-electron chi connectivity index (χ4n) is 1.45. The van der Waals surface area contributed by atoms with Gasteiger partial charge < -0.3 is 4.90 Å². The highest BCUT2D eigenvalue weighted by atomic mass is 79.9. The van der Waals surface area contributed by atoms with E-state index < -0.39 is 0 Å². The molecule has 0 saturated heterocycles. The molecule has 0 spiro atoms. The van der Waals surface area contributed by atoms with Crippen molar-refractivity contribution in [1.82, 2.24) is 10.2 Å². The van der Waals surface area contributed by atoms with Crippen molar-refractivity contribution in [2.24, 2.45) is 0 Å². The van der Waals surface area contributed by atoms with Gasteiger partial charge in [0, 0.05) is 19.7 Å². The Morgan fingerprint density at radius 1 is 1.38 bits per heavy atom. The summed E-state index contributed by atoms with van der Waals surface area (Å²) in [5.41, 5.74) is 1.55. The molecule has 0 saturated carbocycles. The Morgan fingerprint density at radius 3 is 2.69 bits per heavy atom. The van der Waals surface area contributed by atoms with Gasteiger partial charge >= 0.3 is 0 Å². The quantitative estimate of drug-likeness (QED) is 0.919. The molecule has 1 heterocycles. The van der Waals surface area contributed by atoms with Crippen LogP contribution in [0.5, 0.6) is 0 Å². The Labute approximate surface area is 101 Å². The van der Waals surface area contributed by atoms with Crippen LogP contribution in [0.1, 0.15) is 0 Å². The molecule has 0 fully saturated rings. The second-order valence-corrected chi connectivity index (χ2v) is 4.43. The number of nitrogens with one attached hydrogen (secondary N) is 1. The molecule has 3 nitrogen and oxygen atoms in total. The van der Waals surface area contributed by atoms with Crippen LogP contribution in [0.25, 0.3) is 11.3 Å². The van der Waals surface area contributed by atoms with E-state index in [1.165, 1.54) is 12.1 Å². The van der Waals surface area contributed by atoms with Crippen LogP contribution in [0, 0.1) is 5.82 Å². The van der Waals surface area contributed by atoms with Gasteiger partial charge in [-0.25, -0.2) is 4.39 Å². The number of halogens is 2. The molecular weight excluding hydrogens is 273 g/mol. The fourth-order valence-corrected chi connectivity index (χ4v) is 2.21. The van der Waals surface area contributed by atoms with Crippen LogP contribution in [-0.4, -0.2) is 24.3 Å². The third-order valence-electron chi connectivity index (χ3n) is 2.23. The number of aromatic amines is 1. The van der Waals surface area contributed by atoms with Gasteiger partial charge in [0.15, 0.2) is 5.82 Å². The number of H-pyrrole nitrogens is 1. The van der Waals surface area contributed by atoms with Gasteiger partial charge in [0.05, 0.1) is 10.2 Å². The van der Waals surface area contributed by atoms with Gasteiger partial charge in [0.2, 0.25) is 0 Å². The first kappa shape index (κ1) is 11.1. The summed E-state index contributed by atoms with van der Waals surface area (Å²) >= 11 is 3.46. The molecule has 0 aliphatic carbocycles. The first-order valence-corrected chi connectivity index (χ1v) is 5.56. The van der Waals surface area contributed by atoms with Crippen LogP contribution in [-0.2, 0) is 0 Å². The summed E-state index contributed by atoms with van der Waals surface area (Å²) in [5, 5.41) is 7.05. The summed E-state index contributed by atoms with van der Waals surface area (Å²) in [7, 11) is 3.80. The number of rotatable bonds is 2. The van der Waals surface area contributed by atoms with Crippen LogP contribution < -0.4 is 4.90 Å². The largest absolute Gasteiger partial charge is 0.360 e. The number of anilines is 1. The fraction of sp³-hybridized carbons (Fsp3) is 0.182. The third-order valence-corrected chi connectivity index (χ3v) is 2.98.